The smallest absolute Gasteiger partial charge is 0.193 e. The fourth-order valence-corrected chi connectivity index (χ4v) is 2.77. The van der Waals surface area contributed by atoms with Crippen LogP contribution in [0.4, 0.5) is 5.69 Å². The lowest BCUT2D eigenvalue weighted by Gasteiger charge is -2.23. The lowest BCUT2D eigenvalue weighted by atomic mass is 10.2. The maximum Gasteiger partial charge on any atom is 0.193 e. The molecule has 0 fully saturated rings. The SMILES string of the molecule is CN=C(NCCCNc1ccccc1)N(C)Cc1ccc(OC)cc1OC. The number of nitrogens with zero attached hydrogens (tertiary/aromatic N) is 2. The molecule has 2 N–H and O–H groups in total. The molecule has 2 aromatic carbocycles. The minimum atomic E-state index is 0.690. The Labute approximate surface area is 162 Å². The first-order valence-corrected chi connectivity index (χ1v) is 9.09. The van der Waals surface area contributed by atoms with Crippen molar-refractivity contribution in [2.24, 2.45) is 4.99 Å². The summed E-state index contributed by atoms with van der Waals surface area (Å²) in [5.41, 5.74) is 2.22. The highest BCUT2D eigenvalue weighted by atomic mass is 16.5. The van der Waals surface area contributed by atoms with Gasteiger partial charge in [-0.1, -0.05) is 18.2 Å². The van der Waals surface area contributed by atoms with Gasteiger partial charge in [0.15, 0.2) is 5.96 Å². The van der Waals surface area contributed by atoms with Gasteiger partial charge in [-0.3, -0.25) is 4.99 Å². The molecule has 2 rings (SSSR count). The van der Waals surface area contributed by atoms with E-state index in [9.17, 15) is 0 Å². The number of hydrogen-bond donors (Lipinski definition) is 2. The standard InChI is InChI=1S/C21H30N4O2/c1-22-21(24-14-8-13-23-18-9-6-5-7-10-18)25(2)16-17-11-12-19(26-3)15-20(17)27-4/h5-7,9-12,15,23H,8,13-14,16H2,1-4H3,(H,22,24). The Morgan fingerprint density at radius 3 is 2.48 bits per heavy atom. The van der Waals surface area contributed by atoms with Crippen LogP contribution >= 0.6 is 0 Å². The Bertz CT molecular complexity index is 719. The summed E-state index contributed by atoms with van der Waals surface area (Å²) >= 11 is 0. The molecule has 6 heteroatoms. The second-order valence-electron chi connectivity index (χ2n) is 6.15. The summed E-state index contributed by atoms with van der Waals surface area (Å²) in [6, 6.07) is 16.1. The molecule has 0 amide bonds. The fourth-order valence-electron chi connectivity index (χ4n) is 2.77. The van der Waals surface area contributed by atoms with Gasteiger partial charge >= 0.3 is 0 Å². The van der Waals surface area contributed by atoms with Crippen LogP contribution in [0.5, 0.6) is 11.5 Å². The van der Waals surface area contributed by atoms with Crippen LogP contribution in [-0.2, 0) is 6.54 Å². The van der Waals surface area contributed by atoms with Crippen LogP contribution in [0.1, 0.15) is 12.0 Å². The van der Waals surface area contributed by atoms with Crippen LogP contribution in [0.15, 0.2) is 53.5 Å². The monoisotopic (exact) mass is 370 g/mol. The predicted octanol–water partition coefficient (Wildman–Crippen LogP) is 3.21. The molecule has 0 aliphatic heterocycles. The third-order valence-electron chi connectivity index (χ3n) is 4.21. The topological polar surface area (TPSA) is 58.1 Å². The number of ether oxygens (including phenoxy) is 2. The first kappa shape index (κ1) is 20.4. The lowest BCUT2D eigenvalue weighted by Crippen LogP contribution is -2.39. The van der Waals surface area contributed by atoms with Crippen LogP contribution < -0.4 is 20.1 Å². The van der Waals surface area contributed by atoms with E-state index in [-0.39, 0.29) is 0 Å². The van der Waals surface area contributed by atoms with E-state index in [1.165, 1.54) is 0 Å². The fraction of sp³-hybridized carbons (Fsp3) is 0.381. The summed E-state index contributed by atoms with van der Waals surface area (Å²) in [5, 5.41) is 6.82. The summed E-state index contributed by atoms with van der Waals surface area (Å²) in [5.74, 6) is 2.45. The lowest BCUT2D eigenvalue weighted by molar-refractivity contribution is 0.382. The molecular weight excluding hydrogens is 340 g/mol. The molecule has 0 saturated carbocycles. The van der Waals surface area contributed by atoms with Gasteiger partial charge in [0.1, 0.15) is 11.5 Å². The van der Waals surface area contributed by atoms with Gasteiger partial charge in [-0.2, -0.15) is 0 Å². The van der Waals surface area contributed by atoms with Crippen molar-refractivity contribution < 1.29 is 9.47 Å². The highest BCUT2D eigenvalue weighted by Gasteiger charge is 2.11. The number of hydrogen-bond acceptors (Lipinski definition) is 4. The van der Waals surface area contributed by atoms with Gasteiger partial charge in [0, 0.05) is 51.0 Å². The minimum absolute atomic E-state index is 0.690. The summed E-state index contributed by atoms with van der Waals surface area (Å²) in [7, 11) is 7.14. The number of guanidine groups is 1. The Hall–Kier alpha value is -2.89. The van der Waals surface area contributed by atoms with Gasteiger partial charge in [-0.25, -0.2) is 0 Å². The zero-order valence-corrected chi connectivity index (χ0v) is 16.7. The summed E-state index contributed by atoms with van der Waals surface area (Å²) in [6.45, 7) is 2.44. The van der Waals surface area contributed by atoms with Gasteiger partial charge in [0.25, 0.3) is 0 Å². The molecule has 27 heavy (non-hydrogen) atoms. The number of benzene rings is 2. The van der Waals surface area contributed by atoms with E-state index in [1.807, 2.05) is 43.4 Å². The second kappa shape index (κ2) is 11.0. The van der Waals surface area contributed by atoms with Gasteiger partial charge in [-0.05, 0) is 30.7 Å². The molecule has 0 unspecified atom stereocenters. The molecule has 0 spiro atoms. The first-order chi connectivity index (χ1) is 13.2. The zero-order valence-electron chi connectivity index (χ0n) is 16.7. The summed E-state index contributed by atoms with van der Waals surface area (Å²) in [4.78, 5) is 6.45. The molecule has 0 bridgehead atoms. The molecule has 6 nitrogen and oxygen atoms in total. The molecular formula is C21H30N4O2. The van der Waals surface area contributed by atoms with Crippen molar-refractivity contribution in [3.63, 3.8) is 0 Å². The van der Waals surface area contributed by atoms with E-state index in [0.717, 1.165) is 48.2 Å². The van der Waals surface area contributed by atoms with E-state index in [2.05, 4.69) is 32.7 Å². The maximum atomic E-state index is 5.48. The number of aliphatic imine (C=N–C) groups is 1. The van der Waals surface area contributed by atoms with Crippen molar-refractivity contribution in [2.45, 2.75) is 13.0 Å². The van der Waals surface area contributed by atoms with Crippen molar-refractivity contribution in [3.05, 3.63) is 54.1 Å². The Morgan fingerprint density at radius 2 is 1.81 bits per heavy atom. The van der Waals surface area contributed by atoms with E-state index in [4.69, 9.17) is 9.47 Å². The molecule has 2 aromatic rings. The number of rotatable bonds is 9. The molecule has 0 atom stereocenters. The molecule has 0 saturated heterocycles. The van der Waals surface area contributed by atoms with Gasteiger partial charge < -0.3 is 25.0 Å². The van der Waals surface area contributed by atoms with Crippen LogP contribution in [0.3, 0.4) is 0 Å². The Balaban J connectivity index is 1.81. The quantitative estimate of drug-likeness (QED) is 0.403. The maximum absolute atomic E-state index is 5.48. The molecule has 0 aromatic heterocycles. The molecule has 0 aliphatic rings. The third kappa shape index (κ3) is 6.40. The largest absolute Gasteiger partial charge is 0.497 e. The van der Waals surface area contributed by atoms with Crippen molar-refractivity contribution in [1.29, 1.82) is 0 Å². The highest BCUT2D eigenvalue weighted by molar-refractivity contribution is 5.79. The average molecular weight is 370 g/mol. The van der Waals surface area contributed by atoms with Crippen molar-refractivity contribution in [1.82, 2.24) is 10.2 Å². The Morgan fingerprint density at radius 1 is 1.04 bits per heavy atom. The molecule has 146 valence electrons. The minimum Gasteiger partial charge on any atom is -0.497 e. The van der Waals surface area contributed by atoms with Gasteiger partial charge in [-0.15, -0.1) is 0 Å². The van der Waals surface area contributed by atoms with E-state index in [1.54, 1.807) is 21.3 Å². The van der Waals surface area contributed by atoms with Crippen LogP contribution in [0.25, 0.3) is 0 Å². The van der Waals surface area contributed by atoms with Crippen LogP contribution in [-0.4, -0.2) is 52.3 Å². The first-order valence-electron chi connectivity index (χ1n) is 9.09. The molecule has 0 aliphatic carbocycles. The highest BCUT2D eigenvalue weighted by Crippen LogP contribution is 2.25. The summed E-state index contributed by atoms with van der Waals surface area (Å²) in [6.07, 6.45) is 0.994. The molecule has 0 heterocycles. The average Bonchev–Trinajstić information content (AvgIpc) is 2.71. The van der Waals surface area contributed by atoms with Gasteiger partial charge in [0.05, 0.1) is 14.2 Å². The second-order valence-corrected chi connectivity index (χ2v) is 6.15. The Kier molecular flexibility index (Phi) is 8.29. The van der Waals surface area contributed by atoms with E-state index in [0.29, 0.717) is 6.54 Å². The van der Waals surface area contributed by atoms with E-state index >= 15 is 0 Å². The van der Waals surface area contributed by atoms with Crippen LogP contribution in [0, 0.1) is 0 Å². The molecule has 0 radical (unpaired) electrons. The van der Waals surface area contributed by atoms with Crippen LogP contribution in [0.2, 0.25) is 0 Å². The van der Waals surface area contributed by atoms with Crippen molar-refractivity contribution in [3.8, 4) is 11.5 Å². The van der Waals surface area contributed by atoms with Crippen molar-refractivity contribution >= 4 is 11.6 Å². The van der Waals surface area contributed by atoms with E-state index < -0.39 is 0 Å². The summed E-state index contributed by atoms with van der Waals surface area (Å²) < 4.78 is 10.7. The van der Waals surface area contributed by atoms with Crippen molar-refractivity contribution in [2.75, 3.05) is 46.7 Å². The number of anilines is 1. The third-order valence-corrected chi connectivity index (χ3v) is 4.21. The number of para-hydroxylation sites is 1. The number of methoxy groups -OCH3 is 2. The normalized spacial score (nSPS) is 11.0. The predicted molar refractivity (Wildman–Crippen MR) is 112 cm³/mol. The van der Waals surface area contributed by atoms with Gasteiger partial charge in [0.2, 0.25) is 0 Å². The zero-order chi connectivity index (χ0) is 19.5. The number of nitrogens with one attached hydrogen (secondary N) is 2.